The van der Waals surface area contributed by atoms with Crippen molar-refractivity contribution in [3.63, 3.8) is 0 Å². The average molecular weight is 646 g/mol. The third-order valence-corrected chi connectivity index (χ3v) is 7.55. The number of nitrogens with zero attached hydrogens (tertiary/aromatic N) is 4. The van der Waals surface area contributed by atoms with Crippen molar-refractivity contribution in [1.29, 1.82) is 0 Å². The SMILES string of the molecule is COc1ccc(F)cc1[C@H](CN(C(=O)NC(C)(C)C(=O)OCc1ccccc1)/C(S)=C(\C)n1nccn1)OCC(C)(CO)OC. The van der Waals surface area contributed by atoms with E-state index in [4.69, 9.17) is 18.9 Å². The third kappa shape index (κ3) is 9.50. The minimum absolute atomic E-state index is 0.0168. The number of allylic oxidation sites excluding steroid dienone is 1. The van der Waals surface area contributed by atoms with E-state index in [1.807, 2.05) is 30.3 Å². The molecule has 0 fully saturated rings. The second-order valence-corrected chi connectivity index (χ2v) is 11.4. The Morgan fingerprint density at radius 3 is 2.38 bits per heavy atom. The molecule has 0 radical (unpaired) electrons. The highest BCUT2D eigenvalue weighted by Crippen LogP contribution is 2.32. The highest BCUT2D eigenvalue weighted by molar-refractivity contribution is 7.84. The highest BCUT2D eigenvalue weighted by Gasteiger charge is 2.36. The molecule has 0 spiro atoms. The molecule has 12 nitrogen and oxygen atoms in total. The fourth-order valence-electron chi connectivity index (χ4n) is 4.04. The summed E-state index contributed by atoms with van der Waals surface area (Å²) in [6.07, 6.45) is 1.89. The maximum absolute atomic E-state index is 14.6. The molecule has 2 aromatic carbocycles. The fourth-order valence-corrected chi connectivity index (χ4v) is 4.30. The number of thiol groups is 1. The zero-order valence-corrected chi connectivity index (χ0v) is 27.1. The van der Waals surface area contributed by atoms with Gasteiger partial charge in [0.05, 0.1) is 50.0 Å². The van der Waals surface area contributed by atoms with Crippen LogP contribution >= 0.6 is 12.6 Å². The van der Waals surface area contributed by atoms with Crippen molar-refractivity contribution in [2.24, 2.45) is 0 Å². The Morgan fingerprint density at radius 1 is 1.11 bits per heavy atom. The van der Waals surface area contributed by atoms with Crippen LogP contribution in [0.4, 0.5) is 9.18 Å². The molecule has 45 heavy (non-hydrogen) atoms. The number of hydrogen-bond acceptors (Lipinski definition) is 10. The largest absolute Gasteiger partial charge is 0.496 e. The van der Waals surface area contributed by atoms with Gasteiger partial charge in [0, 0.05) is 12.7 Å². The van der Waals surface area contributed by atoms with Gasteiger partial charge in [-0.2, -0.15) is 15.0 Å². The van der Waals surface area contributed by atoms with Crippen LogP contribution < -0.4 is 10.1 Å². The van der Waals surface area contributed by atoms with Gasteiger partial charge >= 0.3 is 12.0 Å². The van der Waals surface area contributed by atoms with Crippen molar-refractivity contribution in [1.82, 2.24) is 25.2 Å². The molecule has 0 saturated heterocycles. The van der Waals surface area contributed by atoms with Crippen LogP contribution in [-0.4, -0.2) is 82.1 Å². The normalized spacial score (nSPS) is 14.2. The Bertz CT molecular complexity index is 1450. The van der Waals surface area contributed by atoms with Crippen LogP contribution in [-0.2, 0) is 25.6 Å². The number of hydrogen-bond donors (Lipinski definition) is 3. The topological polar surface area (TPSA) is 137 Å². The molecule has 1 aromatic heterocycles. The molecule has 0 aliphatic heterocycles. The first-order valence-corrected chi connectivity index (χ1v) is 14.5. The maximum Gasteiger partial charge on any atom is 0.331 e. The third-order valence-electron chi connectivity index (χ3n) is 6.99. The molecule has 2 amide bonds. The second-order valence-electron chi connectivity index (χ2n) is 11.0. The van der Waals surface area contributed by atoms with Gasteiger partial charge in [0.15, 0.2) is 0 Å². The summed E-state index contributed by atoms with van der Waals surface area (Å²) >= 11 is 4.66. The lowest BCUT2D eigenvalue weighted by Gasteiger charge is -2.34. The summed E-state index contributed by atoms with van der Waals surface area (Å²) in [5.41, 5.74) is -1.15. The van der Waals surface area contributed by atoms with Crippen molar-refractivity contribution in [2.75, 3.05) is 34.0 Å². The minimum atomic E-state index is -1.48. The number of aliphatic hydroxyl groups excluding tert-OH is 1. The number of urea groups is 1. The molecule has 0 bridgehead atoms. The first-order valence-electron chi connectivity index (χ1n) is 14.0. The number of carbonyl (C=O) groups is 2. The van der Waals surface area contributed by atoms with E-state index in [9.17, 15) is 19.1 Å². The monoisotopic (exact) mass is 645 g/mol. The number of esters is 1. The van der Waals surface area contributed by atoms with Crippen molar-refractivity contribution >= 4 is 30.3 Å². The van der Waals surface area contributed by atoms with Gasteiger partial charge in [0.2, 0.25) is 0 Å². The van der Waals surface area contributed by atoms with Crippen LogP contribution in [0.25, 0.3) is 5.70 Å². The number of ether oxygens (including phenoxy) is 4. The minimum Gasteiger partial charge on any atom is -0.496 e. The van der Waals surface area contributed by atoms with E-state index in [2.05, 4.69) is 28.1 Å². The Morgan fingerprint density at radius 2 is 1.78 bits per heavy atom. The molecular weight excluding hydrogens is 605 g/mol. The van der Waals surface area contributed by atoms with Gasteiger partial charge in [-0.25, -0.2) is 14.0 Å². The van der Waals surface area contributed by atoms with Crippen molar-refractivity contribution in [3.05, 3.63) is 82.9 Å². The molecule has 244 valence electrons. The molecule has 1 heterocycles. The molecule has 3 rings (SSSR count). The quantitative estimate of drug-likeness (QED) is 0.164. The smallest absolute Gasteiger partial charge is 0.331 e. The van der Waals surface area contributed by atoms with Crippen molar-refractivity contribution < 1.29 is 38.0 Å². The Kier molecular flexibility index (Phi) is 12.5. The molecule has 3 aromatic rings. The number of amides is 2. The maximum atomic E-state index is 14.6. The first kappa shape index (κ1) is 35.5. The molecule has 1 unspecified atom stereocenters. The lowest BCUT2D eigenvalue weighted by molar-refractivity contribution is -0.151. The van der Waals surface area contributed by atoms with Gasteiger partial charge in [-0.05, 0) is 51.5 Å². The number of methoxy groups -OCH3 is 2. The lowest BCUT2D eigenvalue weighted by atomic mass is 10.1. The number of nitrogens with one attached hydrogen (secondary N) is 1. The number of aromatic nitrogens is 3. The fraction of sp³-hybridized carbons (Fsp3) is 0.419. The second kappa shape index (κ2) is 15.8. The van der Waals surface area contributed by atoms with Gasteiger partial charge in [0.25, 0.3) is 0 Å². The molecule has 2 atom stereocenters. The molecular formula is C31H40FN5O7S. The van der Waals surface area contributed by atoms with Crippen LogP contribution in [0.5, 0.6) is 5.75 Å². The van der Waals surface area contributed by atoms with Crippen LogP contribution in [0.15, 0.2) is 66.0 Å². The van der Waals surface area contributed by atoms with Gasteiger partial charge < -0.3 is 29.4 Å². The summed E-state index contributed by atoms with van der Waals surface area (Å²) in [5, 5.41) is 21.0. The summed E-state index contributed by atoms with van der Waals surface area (Å²) in [6.45, 7) is 5.56. The van der Waals surface area contributed by atoms with E-state index < -0.39 is 35.1 Å². The lowest BCUT2D eigenvalue weighted by Crippen LogP contribution is -2.55. The summed E-state index contributed by atoms with van der Waals surface area (Å²) < 4.78 is 37.2. The van der Waals surface area contributed by atoms with Crippen LogP contribution in [0.2, 0.25) is 0 Å². The summed E-state index contributed by atoms with van der Waals surface area (Å²) in [4.78, 5) is 29.6. The summed E-state index contributed by atoms with van der Waals surface area (Å²) in [5.74, 6) is -0.939. The van der Waals surface area contributed by atoms with Gasteiger partial charge in [-0.15, -0.1) is 12.6 Å². The standard InChI is InChI=1S/C31H40FN5O7S/c1-21(37-33-14-15-34-37)27(45)36(29(40)35-30(2,3)28(39)43-18-22-10-8-7-9-11-22)17-26(44-20-31(4,19-38)42-6)24-16-23(32)12-13-25(24)41-5/h7-16,26,38,45H,17-20H2,1-6H3,(H,35,40)/b27-21-/t26-,31?/m0/s1. The van der Waals surface area contributed by atoms with Crippen LogP contribution in [0, 0.1) is 5.82 Å². The Hall–Kier alpha value is -3.98. The van der Waals surface area contributed by atoms with E-state index in [-0.39, 0.29) is 37.0 Å². The van der Waals surface area contributed by atoms with E-state index in [0.29, 0.717) is 11.4 Å². The average Bonchev–Trinajstić information content (AvgIpc) is 3.58. The van der Waals surface area contributed by atoms with E-state index in [1.165, 1.54) is 68.4 Å². The highest BCUT2D eigenvalue weighted by atomic mass is 32.1. The molecule has 0 saturated carbocycles. The number of aliphatic hydroxyl groups is 1. The first-order chi connectivity index (χ1) is 21.3. The van der Waals surface area contributed by atoms with Gasteiger partial charge in [-0.1, -0.05) is 30.3 Å². The van der Waals surface area contributed by atoms with E-state index in [1.54, 1.807) is 13.8 Å². The van der Waals surface area contributed by atoms with Crippen LogP contribution in [0.3, 0.4) is 0 Å². The van der Waals surface area contributed by atoms with Crippen molar-refractivity contribution in [2.45, 2.75) is 51.5 Å². The van der Waals surface area contributed by atoms with Gasteiger partial charge in [0.1, 0.15) is 35.4 Å². The number of rotatable bonds is 15. The van der Waals surface area contributed by atoms with Gasteiger partial charge in [-0.3, -0.25) is 4.90 Å². The zero-order valence-electron chi connectivity index (χ0n) is 26.2. The van der Waals surface area contributed by atoms with Crippen LogP contribution in [0.1, 0.15) is 44.9 Å². The van der Waals surface area contributed by atoms with Crippen molar-refractivity contribution in [3.8, 4) is 5.75 Å². The molecule has 0 aliphatic rings. The Balaban J connectivity index is 1.99. The molecule has 2 N–H and O–H groups in total. The van der Waals surface area contributed by atoms with E-state index in [0.717, 1.165) is 5.56 Å². The number of halogens is 1. The number of benzene rings is 2. The predicted molar refractivity (Wildman–Crippen MR) is 168 cm³/mol. The molecule has 0 aliphatic carbocycles. The summed E-state index contributed by atoms with van der Waals surface area (Å²) in [6, 6.07) is 12.3. The zero-order chi connectivity index (χ0) is 33.2. The predicted octanol–water partition coefficient (Wildman–Crippen LogP) is 4.19. The molecule has 14 heteroatoms. The number of carbonyl (C=O) groups excluding carboxylic acids is 2. The van der Waals surface area contributed by atoms with E-state index >= 15 is 0 Å². The Labute approximate surface area is 267 Å². The summed E-state index contributed by atoms with van der Waals surface area (Å²) in [7, 11) is 2.84.